The van der Waals surface area contributed by atoms with Gasteiger partial charge in [0.25, 0.3) is 0 Å². The van der Waals surface area contributed by atoms with Gasteiger partial charge in [-0.1, -0.05) is 30.3 Å². The summed E-state index contributed by atoms with van der Waals surface area (Å²) in [5.41, 5.74) is 2.45. The second-order valence-corrected chi connectivity index (χ2v) is 6.86. The Kier molecular flexibility index (Phi) is 6.33. The Morgan fingerprint density at radius 2 is 1.74 bits per heavy atom. The number of halogens is 1. The molecule has 0 spiro atoms. The number of carbonyl (C=O) groups excluding carboxylic acids is 2. The van der Waals surface area contributed by atoms with Gasteiger partial charge in [-0.05, 0) is 52.6 Å². The van der Waals surface area contributed by atoms with Gasteiger partial charge in [0.15, 0.2) is 0 Å². The Morgan fingerprint density at radius 1 is 0.926 bits per heavy atom. The molecule has 0 aliphatic heterocycles. The van der Waals surface area contributed by atoms with Crippen molar-refractivity contribution in [2.45, 2.75) is 19.3 Å². The van der Waals surface area contributed by atoms with E-state index in [4.69, 9.17) is 0 Å². The zero-order valence-corrected chi connectivity index (χ0v) is 15.4. The Labute approximate surface area is 161 Å². The van der Waals surface area contributed by atoms with Crippen LogP contribution in [-0.4, -0.2) is 11.8 Å². The van der Waals surface area contributed by atoms with Gasteiger partial charge in [-0.25, -0.2) is 4.39 Å². The average Bonchev–Trinajstić information content (AvgIpc) is 3.17. The number of hydrogen-bond donors (Lipinski definition) is 2. The summed E-state index contributed by atoms with van der Waals surface area (Å²) in [5, 5.41) is 9.28. The molecular formula is C21H19FN2O2S. The summed E-state index contributed by atoms with van der Waals surface area (Å²) in [4.78, 5) is 24.2. The van der Waals surface area contributed by atoms with Crippen molar-refractivity contribution in [2.75, 3.05) is 10.6 Å². The van der Waals surface area contributed by atoms with E-state index in [2.05, 4.69) is 10.6 Å². The molecule has 2 amide bonds. The van der Waals surface area contributed by atoms with Gasteiger partial charge < -0.3 is 10.6 Å². The molecule has 0 atom stereocenters. The number of rotatable bonds is 7. The predicted molar refractivity (Wildman–Crippen MR) is 106 cm³/mol. The predicted octanol–water partition coefficient (Wildman–Crippen LogP) is 4.64. The normalized spacial score (nSPS) is 10.4. The minimum Gasteiger partial charge on any atom is -0.326 e. The number of carbonyl (C=O) groups is 2. The van der Waals surface area contributed by atoms with Crippen LogP contribution < -0.4 is 10.6 Å². The number of amides is 2. The highest BCUT2D eigenvalue weighted by Crippen LogP contribution is 2.20. The summed E-state index contributed by atoms with van der Waals surface area (Å²) in [7, 11) is 0. The van der Waals surface area contributed by atoms with E-state index in [1.807, 2.05) is 47.2 Å². The van der Waals surface area contributed by atoms with E-state index in [9.17, 15) is 14.0 Å². The maximum absolute atomic E-state index is 14.0. The van der Waals surface area contributed by atoms with Crippen LogP contribution in [0.25, 0.3) is 0 Å². The molecule has 6 heteroatoms. The third-order valence-electron chi connectivity index (χ3n) is 3.95. The Bertz CT molecular complexity index is 911. The Balaban J connectivity index is 1.58. The molecule has 3 rings (SSSR count). The molecule has 0 unspecified atom stereocenters. The van der Waals surface area contributed by atoms with Crippen LogP contribution in [0, 0.1) is 5.82 Å². The lowest BCUT2D eigenvalue weighted by Crippen LogP contribution is -2.16. The third kappa shape index (κ3) is 5.76. The van der Waals surface area contributed by atoms with Gasteiger partial charge in [-0.15, -0.1) is 0 Å². The first kappa shape index (κ1) is 18.8. The molecular weight excluding hydrogens is 363 g/mol. The highest BCUT2D eigenvalue weighted by molar-refractivity contribution is 7.07. The maximum atomic E-state index is 14.0. The molecule has 0 aliphatic carbocycles. The van der Waals surface area contributed by atoms with Gasteiger partial charge in [0, 0.05) is 12.1 Å². The number of hydrogen-bond acceptors (Lipinski definition) is 3. The standard InChI is InChI=1S/C21H19FN2O2S/c22-18-8-7-17(23-20(25)9-6-16-10-11-27-14-16)13-19(18)24-21(26)12-15-4-2-1-3-5-15/h1-5,7-8,10-11,13-14H,6,9,12H2,(H,23,25)(H,24,26). The topological polar surface area (TPSA) is 58.2 Å². The number of anilines is 2. The van der Waals surface area contributed by atoms with Crippen molar-refractivity contribution in [3.8, 4) is 0 Å². The summed E-state index contributed by atoms with van der Waals surface area (Å²) in [6.07, 6.45) is 1.14. The van der Waals surface area contributed by atoms with Crippen molar-refractivity contribution >= 4 is 34.5 Å². The van der Waals surface area contributed by atoms with Crippen LogP contribution in [-0.2, 0) is 22.4 Å². The lowest BCUT2D eigenvalue weighted by molar-refractivity contribution is -0.116. The Hall–Kier alpha value is -2.99. The maximum Gasteiger partial charge on any atom is 0.228 e. The second kappa shape index (κ2) is 9.09. The van der Waals surface area contributed by atoms with Crippen LogP contribution in [0.1, 0.15) is 17.5 Å². The van der Waals surface area contributed by atoms with Crippen molar-refractivity contribution in [1.82, 2.24) is 0 Å². The summed E-state index contributed by atoms with van der Waals surface area (Å²) in [6, 6.07) is 15.3. The molecule has 138 valence electrons. The quantitative estimate of drug-likeness (QED) is 0.625. The van der Waals surface area contributed by atoms with Crippen LogP contribution in [0.3, 0.4) is 0 Å². The second-order valence-electron chi connectivity index (χ2n) is 6.08. The molecule has 0 saturated heterocycles. The fourth-order valence-electron chi connectivity index (χ4n) is 2.59. The van der Waals surface area contributed by atoms with Gasteiger partial charge >= 0.3 is 0 Å². The lowest BCUT2D eigenvalue weighted by atomic mass is 10.1. The average molecular weight is 382 g/mol. The first-order valence-electron chi connectivity index (χ1n) is 8.54. The van der Waals surface area contributed by atoms with Crippen molar-refractivity contribution < 1.29 is 14.0 Å². The zero-order valence-electron chi connectivity index (χ0n) is 14.6. The van der Waals surface area contributed by atoms with Crippen molar-refractivity contribution in [1.29, 1.82) is 0 Å². The molecule has 0 radical (unpaired) electrons. The Morgan fingerprint density at radius 3 is 2.48 bits per heavy atom. The summed E-state index contributed by atoms with van der Waals surface area (Å²) in [6.45, 7) is 0. The highest BCUT2D eigenvalue weighted by atomic mass is 32.1. The first-order chi connectivity index (χ1) is 13.1. The van der Waals surface area contributed by atoms with Gasteiger partial charge in [0.1, 0.15) is 5.82 Å². The van der Waals surface area contributed by atoms with Gasteiger partial charge in [-0.3, -0.25) is 9.59 Å². The smallest absolute Gasteiger partial charge is 0.228 e. The summed E-state index contributed by atoms with van der Waals surface area (Å²) in [5.74, 6) is -1.02. The fraction of sp³-hybridized carbons (Fsp3) is 0.143. The molecule has 4 nitrogen and oxygen atoms in total. The van der Waals surface area contributed by atoms with Crippen LogP contribution in [0.2, 0.25) is 0 Å². The van der Waals surface area contributed by atoms with Crippen LogP contribution >= 0.6 is 11.3 Å². The molecule has 3 aromatic rings. The minimum absolute atomic E-state index is 0.0477. The van der Waals surface area contributed by atoms with E-state index in [0.29, 0.717) is 18.5 Å². The first-order valence-corrected chi connectivity index (χ1v) is 9.49. The molecule has 0 bridgehead atoms. The SMILES string of the molecule is O=C(CCc1ccsc1)Nc1ccc(F)c(NC(=O)Cc2ccccc2)c1. The number of benzene rings is 2. The summed E-state index contributed by atoms with van der Waals surface area (Å²) >= 11 is 1.59. The molecule has 27 heavy (non-hydrogen) atoms. The third-order valence-corrected chi connectivity index (χ3v) is 4.68. The van der Waals surface area contributed by atoms with E-state index in [-0.39, 0.29) is 23.9 Å². The monoisotopic (exact) mass is 382 g/mol. The zero-order chi connectivity index (χ0) is 19.1. The number of thiophene rings is 1. The van der Waals surface area contributed by atoms with Gasteiger partial charge in [-0.2, -0.15) is 11.3 Å². The number of aryl methyl sites for hydroxylation is 1. The number of nitrogens with one attached hydrogen (secondary N) is 2. The van der Waals surface area contributed by atoms with Crippen molar-refractivity contribution in [3.63, 3.8) is 0 Å². The van der Waals surface area contributed by atoms with Crippen molar-refractivity contribution in [3.05, 3.63) is 82.3 Å². The minimum atomic E-state index is -0.548. The van der Waals surface area contributed by atoms with E-state index in [1.54, 1.807) is 11.3 Å². The largest absolute Gasteiger partial charge is 0.326 e. The van der Waals surface area contributed by atoms with E-state index in [0.717, 1.165) is 11.1 Å². The molecule has 1 heterocycles. The highest BCUT2D eigenvalue weighted by Gasteiger charge is 2.10. The molecule has 2 aromatic carbocycles. The molecule has 1 aromatic heterocycles. The summed E-state index contributed by atoms with van der Waals surface area (Å²) < 4.78 is 14.0. The molecule has 0 aliphatic rings. The molecule has 0 saturated carbocycles. The van der Waals surface area contributed by atoms with E-state index < -0.39 is 5.82 Å². The van der Waals surface area contributed by atoms with E-state index in [1.165, 1.54) is 18.2 Å². The molecule has 0 fully saturated rings. The lowest BCUT2D eigenvalue weighted by Gasteiger charge is -2.10. The van der Waals surface area contributed by atoms with Gasteiger partial charge in [0.05, 0.1) is 12.1 Å². The molecule has 2 N–H and O–H groups in total. The van der Waals surface area contributed by atoms with Crippen LogP contribution in [0.5, 0.6) is 0 Å². The van der Waals surface area contributed by atoms with Crippen LogP contribution in [0.4, 0.5) is 15.8 Å². The fourth-order valence-corrected chi connectivity index (χ4v) is 3.29. The van der Waals surface area contributed by atoms with Crippen molar-refractivity contribution in [2.24, 2.45) is 0 Å². The van der Waals surface area contributed by atoms with Gasteiger partial charge in [0.2, 0.25) is 11.8 Å². The van der Waals surface area contributed by atoms with E-state index >= 15 is 0 Å². The van der Waals surface area contributed by atoms with Crippen LogP contribution in [0.15, 0.2) is 65.4 Å².